The Hall–Kier alpha value is -3.09. The quantitative estimate of drug-likeness (QED) is 0.645. The Morgan fingerprint density at radius 3 is 2.73 bits per heavy atom. The second kappa shape index (κ2) is 7.31. The van der Waals surface area contributed by atoms with Gasteiger partial charge in [0.2, 0.25) is 5.91 Å². The van der Waals surface area contributed by atoms with Crippen molar-refractivity contribution < 1.29 is 9.18 Å². The van der Waals surface area contributed by atoms with Gasteiger partial charge in [-0.3, -0.25) is 9.48 Å². The molecule has 3 aromatic rings. The summed E-state index contributed by atoms with van der Waals surface area (Å²) in [5.41, 5.74) is 0.932. The molecule has 2 aliphatic carbocycles. The Kier molecular flexibility index (Phi) is 4.60. The van der Waals surface area contributed by atoms with E-state index in [0.29, 0.717) is 11.7 Å². The topological polar surface area (TPSA) is 72.7 Å². The zero-order valence-electron chi connectivity index (χ0n) is 16.9. The monoisotopic (exact) mass is 405 g/mol. The molecule has 2 heterocycles. The summed E-state index contributed by atoms with van der Waals surface area (Å²) < 4.78 is 15.1. The van der Waals surface area contributed by atoms with Gasteiger partial charge in [-0.15, -0.1) is 0 Å². The maximum Gasteiger partial charge on any atom is 0.229 e. The lowest BCUT2D eigenvalue weighted by Gasteiger charge is -2.18. The number of benzene rings is 1. The number of carbonyl (C=O) groups is 1. The number of aromatic nitrogens is 4. The molecule has 2 aliphatic rings. The summed E-state index contributed by atoms with van der Waals surface area (Å²) in [4.78, 5) is 21.5. The molecule has 0 aliphatic heterocycles. The van der Waals surface area contributed by atoms with E-state index in [0.717, 1.165) is 42.8 Å². The van der Waals surface area contributed by atoms with E-state index >= 15 is 0 Å². The van der Waals surface area contributed by atoms with Gasteiger partial charge in [0.15, 0.2) is 5.82 Å². The summed E-state index contributed by atoms with van der Waals surface area (Å²) >= 11 is 0. The molecule has 0 saturated heterocycles. The van der Waals surface area contributed by atoms with Gasteiger partial charge in [-0.05, 0) is 50.3 Å². The predicted octanol–water partition coefficient (Wildman–Crippen LogP) is 3.98. The first-order chi connectivity index (χ1) is 14.5. The van der Waals surface area contributed by atoms with E-state index in [9.17, 15) is 9.18 Å². The van der Waals surface area contributed by atoms with Crippen LogP contribution in [0.25, 0.3) is 0 Å². The summed E-state index contributed by atoms with van der Waals surface area (Å²) in [7, 11) is 0. The summed E-state index contributed by atoms with van der Waals surface area (Å²) in [6, 6.07) is 13.0. The second-order valence-electron chi connectivity index (χ2n) is 8.39. The minimum atomic E-state index is -0.424. The summed E-state index contributed by atoms with van der Waals surface area (Å²) in [5, 5.41) is 7.54. The molecule has 1 amide bonds. The predicted molar refractivity (Wildman–Crippen MR) is 110 cm³/mol. The van der Waals surface area contributed by atoms with E-state index in [4.69, 9.17) is 5.10 Å². The van der Waals surface area contributed by atoms with Gasteiger partial charge in [-0.1, -0.05) is 30.3 Å². The molecule has 154 valence electrons. The number of nitrogens with one attached hydrogen (secondary N) is 1. The van der Waals surface area contributed by atoms with Crippen LogP contribution in [-0.2, 0) is 16.8 Å². The highest BCUT2D eigenvalue weighted by Gasteiger charge is 2.58. The van der Waals surface area contributed by atoms with E-state index in [-0.39, 0.29) is 17.2 Å². The van der Waals surface area contributed by atoms with E-state index in [1.165, 1.54) is 25.0 Å². The number of halogens is 1. The summed E-state index contributed by atoms with van der Waals surface area (Å²) in [5.74, 6) is 2.12. The van der Waals surface area contributed by atoms with E-state index in [2.05, 4.69) is 27.4 Å². The first kappa shape index (κ1) is 18.9. The van der Waals surface area contributed by atoms with Crippen molar-refractivity contribution in [2.24, 2.45) is 5.92 Å². The minimum Gasteiger partial charge on any atom is -0.310 e. The Bertz CT molecular complexity index is 1060. The smallest absolute Gasteiger partial charge is 0.229 e. The Labute approximate surface area is 174 Å². The highest BCUT2D eigenvalue weighted by atomic mass is 19.1. The number of anilines is 1. The van der Waals surface area contributed by atoms with Crippen LogP contribution in [0.2, 0.25) is 0 Å². The first-order valence-electron chi connectivity index (χ1n) is 10.4. The average Bonchev–Trinajstić information content (AvgIpc) is 3.67. The molecule has 1 aromatic carbocycles. The van der Waals surface area contributed by atoms with Crippen LogP contribution in [0, 0.1) is 18.7 Å². The third kappa shape index (κ3) is 3.60. The number of carbonyl (C=O) groups excluding carboxylic acids is 1. The van der Waals surface area contributed by atoms with Crippen molar-refractivity contribution in [3.63, 3.8) is 0 Å². The Morgan fingerprint density at radius 2 is 2.03 bits per heavy atom. The van der Waals surface area contributed by atoms with Crippen LogP contribution in [0.3, 0.4) is 0 Å². The fourth-order valence-corrected chi connectivity index (χ4v) is 4.30. The lowest BCUT2D eigenvalue weighted by molar-refractivity contribution is -0.117. The van der Waals surface area contributed by atoms with Crippen molar-refractivity contribution in [1.82, 2.24) is 19.7 Å². The van der Waals surface area contributed by atoms with Gasteiger partial charge >= 0.3 is 0 Å². The molecule has 6 nitrogen and oxygen atoms in total. The molecule has 7 heteroatoms. The van der Waals surface area contributed by atoms with Crippen LogP contribution in [0.15, 0.2) is 48.7 Å². The van der Waals surface area contributed by atoms with Gasteiger partial charge in [-0.2, -0.15) is 5.10 Å². The average molecular weight is 405 g/mol. The zero-order chi connectivity index (χ0) is 20.7. The maximum absolute atomic E-state index is 13.1. The molecule has 5 rings (SSSR count). The largest absolute Gasteiger partial charge is 0.310 e. The molecular weight excluding hydrogens is 381 g/mol. The summed E-state index contributed by atoms with van der Waals surface area (Å²) in [6.45, 7) is 2.71. The first-order valence-corrected chi connectivity index (χ1v) is 10.4. The number of rotatable bonds is 7. The molecule has 2 saturated carbocycles. The molecular formula is C23H24FN5O. The number of hydrogen-bond acceptors (Lipinski definition) is 4. The Balaban J connectivity index is 1.34. The van der Waals surface area contributed by atoms with Crippen molar-refractivity contribution in [1.29, 1.82) is 0 Å². The number of pyridine rings is 1. The van der Waals surface area contributed by atoms with E-state index < -0.39 is 5.82 Å². The van der Waals surface area contributed by atoms with Crippen LogP contribution < -0.4 is 5.32 Å². The van der Waals surface area contributed by atoms with Gasteiger partial charge in [0, 0.05) is 23.8 Å². The Morgan fingerprint density at radius 1 is 1.23 bits per heavy atom. The van der Waals surface area contributed by atoms with Gasteiger partial charge < -0.3 is 5.32 Å². The van der Waals surface area contributed by atoms with Crippen molar-refractivity contribution in [2.75, 3.05) is 5.32 Å². The third-order valence-corrected chi connectivity index (χ3v) is 6.30. The highest BCUT2D eigenvalue weighted by molar-refractivity contribution is 5.95. The normalized spacial score (nSPS) is 22.7. The van der Waals surface area contributed by atoms with Gasteiger partial charge in [0.1, 0.15) is 17.5 Å². The second-order valence-corrected chi connectivity index (χ2v) is 8.39. The SMILES string of the molecule is Cc1nc(C2CC2)nn1CCC1(c2ccccc2)CC1C(=O)Nc1ccc(F)cn1. The minimum absolute atomic E-state index is 0.0769. The molecule has 2 fully saturated rings. The zero-order valence-corrected chi connectivity index (χ0v) is 16.9. The fraction of sp³-hybridized carbons (Fsp3) is 0.391. The van der Waals surface area contributed by atoms with E-state index in [1.54, 1.807) is 0 Å². The van der Waals surface area contributed by atoms with Crippen LogP contribution in [0.4, 0.5) is 10.2 Å². The van der Waals surface area contributed by atoms with E-state index in [1.807, 2.05) is 29.8 Å². The van der Waals surface area contributed by atoms with Gasteiger partial charge in [0.05, 0.1) is 6.20 Å². The van der Waals surface area contributed by atoms with Crippen molar-refractivity contribution in [3.05, 3.63) is 71.7 Å². The lowest BCUT2D eigenvalue weighted by atomic mass is 9.89. The number of nitrogens with zero attached hydrogens (tertiary/aromatic N) is 4. The molecule has 2 atom stereocenters. The molecule has 1 N–H and O–H groups in total. The standard InChI is InChI=1S/C23H24FN5O/c1-15-26-21(16-7-8-16)28-29(15)12-11-23(17-5-3-2-4-6-17)13-19(23)22(30)27-20-10-9-18(24)14-25-20/h2-6,9-10,14,16,19H,7-8,11-13H2,1H3,(H,25,27,30). The molecule has 2 unspecified atom stereocenters. The van der Waals surface area contributed by atoms with Crippen molar-refractivity contribution >= 4 is 11.7 Å². The fourth-order valence-electron chi connectivity index (χ4n) is 4.30. The molecule has 2 aromatic heterocycles. The third-order valence-electron chi connectivity index (χ3n) is 6.30. The maximum atomic E-state index is 13.1. The number of hydrogen-bond donors (Lipinski definition) is 1. The van der Waals surface area contributed by atoms with Crippen LogP contribution in [0.1, 0.15) is 48.8 Å². The lowest BCUT2D eigenvalue weighted by Crippen LogP contribution is -2.23. The van der Waals surface area contributed by atoms with Crippen LogP contribution in [0.5, 0.6) is 0 Å². The number of amides is 1. The van der Waals surface area contributed by atoms with Crippen molar-refractivity contribution in [2.45, 2.75) is 50.5 Å². The highest BCUT2D eigenvalue weighted by Crippen LogP contribution is 2.57. The van der Waals surface area contributed by atoms with Gasteiger partial charge in [-0.25, -0.2) is 14.4 Å². The molecule has 30 heavy (non-hydrogen) atoms. The van der Waals surface area contributed by atoms with Crippen LogP contribution in [-0.4, -0.2) is 25.7 Å². The molecule has 0 spiro atoms. The number of aryl methyl sites for hydroxylation is 2. The van der Waals surface area contributed by atoms with Crippen molar-refractivity contribution in [3.8, 4) is 0 Å². The molecule has 0 bridgehead atoms. The molecule has 0 radical (unpaired) electrons. The summed E-state index contributed by atoms with van der Waals surface area (Å²) in [6.07, 6.45) is 5.04. The van der Waals surface area contributed by atoms with Gasteiger partial charge in [0.25, 0.3) is 0 Å². The van der Waals surface area contributed by atoms with Crippen LogP contribution >= 0.6 is 0 Å².